The molecule has 0 spiro atoms. The molecule has 274 valence electrons. The lowest BCUT2D eigenvalue weighted by molar-refractivity contribution is 1.13. The maximum absolute atomic E-state index is 11.7. The van der Waals surface area contributed by atoms with Crippen LogP contribution in [0.5, 0.6) is 0 Å². The Hall–Kier alpha value is -8.65. The quantitative estimate of drug-likeness (QED) is 0.132. The van der Waals surface area contributed by atoms with Crippen LogP contribution in [0, 0.1) is 17.9 Å². The van der Waals surface area contributed by atoms with E-state index in [1.165, 1.54) is 0 Å². The largest absolute Gasteiger partial charge is 0.318 e. The van der Waals surface area contributed by atoms with Crippen molar-refractivity contribution in [1.29, 1.82) is 5.26 Å². The van der Waals surface area contributed by atoms with E-state index in [0.29, 0.717) is 28.2 Å². The third-order valence-corrected chi connectivity index (χ3v) is 12.4. The third kappa shape index (κ3) is 4.02. The van der Waals surface area contributed by atoms with E-state index in [0.717, 1.165) is 104 Å². The number of hydrogen-bond donors (Lipinski definition) is 0. The standard InChI is InChI=1S/C53H27N7/c1-55-51-42(30-13-4-2-5-14-30)37(29-54)52(59-40-24-27-57-49-35-19-10-11-20-36(35)50-47(46(40)49)41(59)25-28-58-50)43(31-15-6-3-7-16-31)53(51)60-38-22-12-21-33-32-17-8-9-18-34(32)48-45(44(33)38)39(60)23-26-56-48/h2-28H. The summed E-state index contributed by atoms with van der Waals surface area (Å²) in [6, 6.07) is 52.1. The average molecular weight is 762 g/mol. The minimum Gasteiger partial charge on any atom is -0.318 e. The molecule has 7 nitrogen and oxygen atoms in total. The van der Waals surface area contributed by atoms with Crippen LogP contribution in [0.3, 0.4) is 0 Å². The Morgan fingerprint density at radius 3 is 1.40 bits per heavy atom. The summed E-state index contributed by atoms with van der Waals surface area (Å²) in [6.07, 6.45) is 5.60. The second-order valence-corrected chi connectivity index (χ2v) is 15.2. The topological polar surface area (TPSA) is 76.7 Å². The normalized spacial score (nSPS) is 12.0. The van der Waals surface area contributed by atoms with E-state index in [-0.39, 0.29) is 0 Å². The van der Waals surface area contributed by atoms with Gasteiger partial charge in [0.2, 0.25) is 5.69 Å². The van der Waals surface area contributed by atoms with Crippen molar-refractivity contribution in [3.63, 3.8) is 0 Å². The van der Waals surface area contributed by atoms with Gasteiger partial charge in [-0.3, -0.25) is 15.0 Å². The Balaban J connectivity index is 1.33. The Morgan fingerprint density at radius 2 is 0.867 bits per heavy atom. The number of fused-ring (bicyclic) bond motifs is 6. The molecule has 0 radical (unpaired) electrons. The van der Waals surface area contributed by atoms with Gasteiger partial charge in [0.05, 0.1) is 62.1 Å². The Labute approximate surface area is 341 Å². The smallest absolute Gasteiger partial charge is 0.220 e. The maximum Gasteiger partial charge on any atom is 0.220 e. The fraction of sp³-hybridized carbons (Fsp3) is 0. The molecule has 0 unspecified atom stereocenters. The SMILES string of the molecule is [C-]#[N+]c1c(-c2ccccc2)c(C#N)c(-n2c3ccnc4c5ccccc5c5nccc2c5c43)c(-c2ccccc2)c1-n1c2cccc3c4ccccc4c4nccc1c4c32. The van der Waals surface area contributed by atoms with Crippen LogP contribution in [0.15, 0.2) is 164 Å². The summed E-state index contributed by atoms with van der Waals surface area (Å²) in [4.78, 5) is 19.5. The average Bonchev–Trinajstić information content (AvgIpc) is 3.84. The maximum atomic E-state index is 11.7. The van der Waals surface area contributed by atoms with Crippen LogP contribution in [-0.2, 0) is 0 Å². The van der Waals surface area contributed by atoms with Gasteiger partial charge in [-0.2, -0.15) is 5.26 Å². The molecule has 0 saturated heterocycles. The molecule has 13 rings (SSSR count). The summed E-state index contributed by atoms with van der Waals surface area (Å²) in [5.74, 6) is 0. The molecule has 0 bridgehead atoms. The summed E-state index contributed by atoms with van der Waals surface area (Å²) in [5.41, 5.74) is 11.5. The molecule has 60 heavy (non-hydrogen) atoms. The molecule has 0 aliphatic carbocycles. The molecule has 13 aromatic rings. The first-order valence-electron chi connectivity index (χ1n) is 19.8. The van der Waals surface area contributed by atoms with E-state index in [4.69, 9.17) is 21.5 Å². The number of rotatable bonds is 4. The summed E-state index contributed by atoms with van der Waals surface area (Å²) < 4.78 is 4.50. The first-order chi connectivity index (χ1) is 29.8. The van der Waals surface area contributed by atoms with Crippen LogP contribution in [0.25, 0.3) is 126 Å². The summed E-state index contributed by atoms with van der Waals surface area (Å²) in [5, 5.41) is 21.1. The van der Waals surface area contributed by atoms with Crippen LogP contribution in [0.2, 0.25) is 0 Å². The Kier molecular flexibility index (Phi) is 6.45. The molecule has 0 fully saturated rings. The lowest BCUT2D eigenvalue weighted by Crippen LogP contribution is -2.08. The van der Waals surface area contributed by atoms with E-state index in [1.54, 1.807) is 0 Å². The Morgan fingerprint density at radius 1 is 0.433 bits per heavy atom. The van der Waals surface area contributed by atoms with Gasteiger partial charge in [-0.15, -0.1) is 0 Å². The van der Waals surface area contributed by atoms with Gasteiger partial charge in [-0.05, 0) is 46.2 Å². The lowest BCUT2D eigenvalue weighted by atomic mass is 9.88. The fourth-order valence-corrected chi connectivity index (χ4v) is 10.2. The van der Waals surface area contributed by atoms with Crippen molar-refractivity contribution in [2.45, 2.75) is 0 Å². The zero-order chi connectivity index (χ0) is 39.6. The molecule has 5 heterocycles. The van der Waals surface area contributed by atoms with Gasteiger partial charge >= 0.3 is 0 Å². The number of nitriles is 1. The highest BCUT2D eigenvalue weighted by atomic mass is 15.0. The van der Waals surface area contributed by atoms with Gasteiger partial charge in [0.15, 0.2) is 0 Å². The Bertz CT molecular complexity index is 3620. The molecule has 7 heteroatoms. The molecule has 0 aliphatic rings. The molecular formula is C53H27N7. The number of nitrogens with zero attached hydrogens (tertiary/aromatic N) is 7. The number of pyridine rings is 3. The first kappa shape index (κ1) is 32.4. The van der Waals surface area contributed by atoms with E-state index in [2.05, 4.69) is 92.8 Å². The number of hydrogen-bond acceptors (Lipinski definition) is 4. The first-order valence-corrected chi connectivity index (χ1v) is 19.8. The van der Waals surface area contributed by atoms with Gasteiger partial charge in [0, 0.05) is 67.4 Å². The number of benzene rings is 8. The fourth-order valence-electron chi connectivity index (χ4n) is 10.2. The van der Waals surface area contributed by atoms with Crippen LogP contribution < -0.4 is 0 Å². The van der Waals surface area contributed by atoms with E-state index >= 15 is 0 Å². The van der Waals surface area contributed by atoms with Gasteiger partial charge < -0.3 is 9.13 Å². The van der Waals surface area contributed by atoms with Crippen molar-refractivity contribution < 1.29 is 0 Å². The predicted octanol–water partition coefficient (Wildman–Crippen LogP) is 13.3. The second kappa shape index (κ2) is 11.9. The summed E-state index contributed by atoms with van der Waals surface area (Å²) in [6.45, 7) is 9.14. The van der Waals surface area contributed by atoms with E-state index in [1.807, 2.05) is 91.4 Å². The molecule has 0 amide bonds. The van der Waals surface area contributed by atoms with Crippen molar-refractivity contribution in [1.82, 2.24) is 24.1 Å². The highest BCUT2D eigenvalue weighted by Crippen LogP contribution is 2.54. The van der Waals surface area contributed by atoms with Crippen molar-refractivity contribution >= 4 is 92.8 Å². The minimum absolute atomic E-state index is 0.391. The number of aromatic nitrogens is 5. The highest BCUT2D eigenvalue weighted by molar-refractivity contribution is 6.35. The molecular weight excluding hydrogens is 735 g/mol. The van der Waals surface area contributed by atoms with Crippen molar-refractivity contribution in [3.8, 4) is 39.7 Å². The minimum atomic E-state index is 0.391. The highest BCUT2D eigenvalue weighted by Gasteiger charge is 2.33. The monoisotopic (exact) mass is 761 g/mol. The summed E-state index contributed by atoms with van der Waals surface area (Å²) in [7, 11) is 0. The zero-order valence-electron chi connectivity index (χ0n) is 31.7. The van der Waals surface area contributed by atoms with Crippen LogP contribution in [-0.4, -0.2) is 24.1 Å². The lowest BCUT2D eigenvalue weighted by Gasteiger charge is -2.25. The molecule has 5 aromatic heterocycles. The van der Waals surface area contributed by atoms with E-state index in [9.17, 15) is 5.26 Å². The third-order valence-electron chi connectivity index (χ3n) is 12.4. The molecule has 0 atom stereocenters. The molecule has 0 saturated carbocycles. The molecule has 0 N–H and O–H groups in total. The van der Waals surface area contributed by atoms with Gasteiger partial charge in [0.25, 0.3) is 0 Å². The van der Waals surface area contributed by atoms with Crippen LogP contribution in [0.4, 0.5) is 5.69 Å². The zero-order valence-corrected chi connectivity index (χ0v) is 31.7. The van der Waals surface area contributed by atoms with Crippen LogP contribution >= 0.6 is 0 Å². The van der Waals surface area contributed by atoms with Crippen molar-refractivity contribution in [2.75, 3.05) is 0 Å². The predicted molar refractivity (Wildman–Crippen MR) is 243 cm³/mol. The molecule has 8 aromatic carbocycles. The van der Waals surface area contributed by atoms with Crippen molar-refractivity contribution in [3.05, 3.63) is 181 Å². The summed E-state index contributed by atoms with van der Waals surface area (Å²) >= 11 is 0. The van der Waals surface area contributed by atoms with E-state index < -0.39 is 0 Å². The van der Waals surface area contributed by atoms with Crippen LogP contribution in [0.1, 0.15) is 5.56 Å². The van der Waals surface area contributed by atoms with Crippen molar-refractivity contribution in [2.24, 2.45) is 0 Å². The molecule has 0 aliphatic heterocycles. The van der Waals surface area contributed by atoms with Gasteiger partial charge in [-0.25, -0.2) is 4.85 Å². The second-order valence-electron chi connectivity index (χ2n) is 15.2. The van der Waals surface area contributed by atoms with Gasteiger partial charge in [0.1, 0.15) is 6.07 Å². The van der Waals surface area contributed by atoms with Gasteiger partial charge in [-0.1, -0.05) is 121 Å².